The SMILES string of the molecule is CCCCCCCCCCCCCCCCOC[C@H](COS(C)(=O)=O)OS(C)(=O)=O. The Morgan fingerprint density at radius 2 is 1.03 bits per heavy atom. The maximum absolute atomic E-state index is 11.3. The lowest BCUT2D eigenvalue weighted by atomic mass is 10.0. The highest BCUT2D eigenvalue weighted by atomic mass is 32.2. The fourth-order valence-corrected chi connectivity index (χ4v) is 4.17. The highest BCUT2D eigenvalue weighted by Gasteiger charge is 2.18. The second-order valence-corrected chi connectivity index (χ2v) is 11.3. The van der Waals surface area contributed by atoms with Crippen LogP contribution in [0.15, 0.2) is 0 Å². The summed E-state index contributed by atoms with van der Waals surface area (Å²) in [7, 11) is -7.38. The van der Waals surface area contributed by atoms with Crippen molar-refractivity contribution in [3.63, 3.8) is 0 Å². The molecule has 0 bridgehead atoms. The molecule has 0 fully saturated rings. The first kappa shape index (κ1) is 29.8. The second kappa shape index (κ2) is 18.4. The van der Waals surface area contributed by atoms with Crippen molar-refractivity contribution in [3.8, 4) is 0 Å². The predicted molar refractivity (Wildman–Crippen MR) is 122 cm³/mol. The Bertz CT molecular complexity index is 588. The topological polar surface area (TPSA) is 96.0 Å². The predicted octanol–water partition coefficient (Wildman–Crippen LogP) is 4.81. The van der Waals surface area contributed by atoms with Crippen LogP contribution in [0.1, 0.15) is 96.8 Å². The monoisotopic (exact) mass is 472 g/mol. The van der Waals surface area contributed by atoms with Gasteiger partial charge in [-0.05, 0) is 6.42 Å². The van der Waals surface area contributed by atoms with Crippen LogP contribution in [0, 0.1) is 0 Å². The molecule has 0 saturated carbocycles. The third-order valence-corrected chi connectivity index (χ3v) is 5.91. The molecule has 7 nitrogen and oxygen atoms in total. The molecule has 9 heteroatoms. The quantitative estimate of drug-likeness (QED) is 0.165. The molecule has 0 unspecified atom stereocenters. The number of ether oxygens (including phenoxy) is 1. The molecule has 0 aromatic rings. The lowest BCUT2D eigenvalue weighted by Gasteiger charge is -2.16. The van der Waals surface area contributed by atoms with Crippen molar-refractivity contribution in [1.29, 1.82) is 0 Å². The molecule has 0 radical (unpaired) electrons. The maximum atomic E-state index is 11.3. The molecule has 0 aromatic carbocycles. The zero-order valence-electron chi connectivity index (χ0n) is 19.3. The van der Waals surface area contributed by atoms with Crippen LogP contribution in [0.4, 0.5) is 0 Å². The van der Waals surface area contributed by atoms with Gasteiger partial charge in [-0.1, -0.05) is 90.4 Å². The Balaban J connectivity index is 3.58. The van der Waals surface area contributed by atoms with Gasteiger partial charge in [0.1, 0.15) is 6.10 Å². The van der Waals surface area contributed by atoms with Crippen molar-refractivity contribution < 1.29 is 29.9 Å². The minimum atomic E-state index is -3.72. The van der Waals surface area contributed by atoms with Gasteiger partial charge in [0, 0.05) is 6.61 Å². The van der Waals surface area contributed by atoms with Crippen LogP contribution < -0.4 is 0 Å². The minimum absolute atomic E-state index is 0.0268. The molecule has 0 heterocycles. The molecule has 0 spiro atoms. The van der Waals surface area contributed by atoms with E-state index >= 15 is 0 Å². The van der Waals surface area contributed by atoms with Crippen LogP contribution in [0.5, 0.6) is 0 Å². The van der Waals surface area contributed by atoms with E-state index in [1.165, 1.54) is 77.0 Å². The van der Waals surface area contributed by atoms with Gasteiger partial charge in [0.05, 0.1) is 25.7 Å². The molecule has 0 saturated heterocycles. The van der Waals surface area contributed by atoms with E-state index in [2.05, 4.69) is 11.1 Å². The average molecular weight is 473 g/mol. The summed E-state index contributed by atoms with van der Waals surface area (Å²) in [5, 5.41) is 0. The Hall–Kier alpha value is -0.220. The molecule has 182 valence electrons. The molecule has 0 N–H and O–H groups in total. The Kier molecular flexibility index (Phi) is 18.2. The van der Waals surface area contributed by atoms with E-state index in [1.54, 1.807) is 0 Å². The summed E-state index contributed by atoms with van der Waals surface area (Å²) >= 11 is 0. The molecule has 0 aliphatic carbocycles. The summed E-state index contributed by atoms with van der Waals surface area (Å²) in [5.41, 5.74) is 0. The van der Waals surface area contributed by atoms with Gasteiger partial charge in [0.2, 0.25) is 0 Å². The van der Waals surface area contributed by atoms with Gasteiger partial charge in [0.25, 0.3) is 20.2 Å². The molecule has 0 amide bonds. The molecule has 0 rings (SSSR count). The van der Waals surface area contributed by atoms with Crippen molar-refractivity contribution in [2.75, 3.05) is 32.3 Å². The summed E-state index contributed by atoms with van der Waals surface area (Å²) in [5.74, 6) is 0. The van der Waals surface area contributed by atoms with Gasteiger partial charge >= 0.3 is 0 Å². The lowest BCUT2D eigenvalue weighted by molar-refractivity contribution is 0.0295. The summed E-state index contributed by atoms with van der Waals surface area (Å²) in [4.78, 5) is 0. The smallest absolute Gasteiger partial charge is 0.264 e. The number of hydrogen-bond acceptors (Lipinski definition) is 7. The Labute approximate surface area is 185 Å². The summed E-state index contributed by atoms with van der Waals surface area (Å²) in [6, 6.07) is 0. The van der Waals surface area contributed by atoms with E-state index in [9.17, 15) is 16.8 Å². The molecule has 30 heavy (non-hydrogen) atoms. The van der Waals surface area contributed by atoms with Gasteiger partial charge in [-0.15, -0.1) is 0 Å². The summed E-state index contributed by atoms with van der Waals surface area (Å²) in [6.45, 7) is 2.33. The molecular formula is C21H44O7S2. The third kappa shape index (κ3) is 24.1. The van der Waals surface area contributed by atoms with Crippen LogP contribution in [0.25, 0.3) is 0 Å². The van der Waals surface area contributed by atoms with Gasteiger partial charge < -0.3 is 4.74 Å². The van der Waals surface area contributed by atoms with E-state index in [-0.39, 0.29) is 13.2 Å². The van der Waals surface area contributed by atoms with Crippen molar-refractivity contribution in [1.82, 2.24) is 0 Å². The van der Waals surface area contributed by atoms with Crippen molar-refractivity contribution >= 4 is 20.2 Å². The van der Waals surface area contributed by atoms with Crippen LogP contribution in [0.3, 0.4) is 0 Å². The van der Waals surface area contributed by atoms with E-state index < -0.39 is 26.3 Å². The fourth-order valence-electron chi connectivity index (χ4n) is 3.16. The second-order valence-electron chi connectivity index (χ2n) is 8.08. The van der Waals surface area contributed by atoms with Gasteiger partial charge in [0.15, 0.2) is 0 Å². The number of hydrogen-bond donors (Lipinski definition) is 0. The maximum Gasteiger partial charge on any atom is 0.264 e. The van der Waals surface area contributed by atoms with Gasteiger partial charge in [-0.3, -0.25) is 8.37 Å². The molecule has 0 aliphatic rings. The van der Waals surface area contributed by atoms with Crippen LogP contribution in [-0.4, -0.2) is 55.3 Å². The van der Waals surface area contributed by atoms with Gasteiger partial charge in [-0.2, -0.15) is 16.8 Å². The largest absolute Gasteiger partial charge is 0.379 e. The van der Waals surface area contributed by atoms with Crippen LogP contribution in [-0.2, 0) is 33.3 Å². The van der Waals surface area contributed by atoms with Crippen LogP contribution >= 0.6 is 0 Å². The summed E-state index contributed by atoms with van der Waals surface area (Å²) < 4.78 is 59.5. The first-order valence-corrected chi connectivity index (χ1v) is 15.1. The van der Waals surface area contributed by atoms with E-state index in [1.807, 2.05) is 0 Å². The van der Waals surface area contributed by atoms with Crippen molar-refractivity contribution in [2.45, 2.75) is 103 Å². The Morgan fingerprint density at radius 1 is 0.600 bits per heavy atom. The zero-order valence-corrected chi connectivity index (χ0v) is 20.9. The van der Waals surface area contributed by atoms with Crippen molar-refractivity contribution in [3.05, 3.63) is 0 Å². The normalized spacial score (nSPS) is 13.6. The molecular weight excluding hydrogens is 428 g/mol. The van der Waals surface area contributed by atoms with E-state index in [4.69, 9.17) is 8.92 Å². The molecule has 1 atom stereocenters. The van der Waals surface area contributed by atoms with Gasteiger partial charge in [-0.25, -0.2) is 0 Å². The third-order valence-electron chi connectivity index (χ3n) is 4.72. The Morgan fingerprint density at radius 3 is 1.43 bits per heavy atom. The average Bonchev–Trinajstić information content (AvgIpc) is 2.64. The first-order valence-electron chi connectivity index (χ1n) is 11.4. The standard InChI is InChI=1S/C21H44O7S2/c1-4-5-6-7-8-9-10-11-12-13-14-15-16-17-18-26-19-21(28-30(3,24)25)20-27-29(2,22)23/h21H,4-20H2,1-3H3/t21-/m1/s1. The number of rotatable bonds is 22. The zero-order chi connectivity index (χ0) is 22.7. The minimum Gasteiger partial charge on any atom is -0.379 e. The summed E-state index contributed by atoms with van der Waals surface area (Å²) in [6.07, 6.45) is 18.7. The van der Waals surface area contributed by atoms with Crippen LogP contribution in [0.2, 0.25) is 0 Å². The fraction of sp³-hybridized carbons (Fsp3) is 1.00. The van der Waals surface area contributed by atoms with E-state index in [0.717, 1.165) is 25.4 Å². The highest BCUT2D eigenvalue weighted by Crippen LogP contribution is 2.13. The van der Waals surface area contributed by atoms with E-state index in [0.29, 0.717) is 6.61 Å². The number of unbranched alkanes of at least 4 members (excludes halogenated alkanes) is 13. The molecule has 0 aliphatic heterocycles. The van der Waals surface area contributed by atoms with Crippen molar-refractivity contribution in [2.24, 2.45) is 0 Å². The lowest BCUT2D eigenvalue weighted by Crippen LogP contribution is -2.29. The highest BCUT2D eigenvalue weighted by molar-refractivity contribution is 7.86. The molecule has 0 aromatic heterocycles. The first-order chi connectivity index (χ1) is 14.1.